The summed E-state index contributed by atoms with van der Waals surface area (Å²) in [7, 11) is 3.15. The number of ether oxygens (including phenoxy) is 5. The molecule has 0 heterocycles. The van der Waals surface area contributed by atoms with Gasteiger partial charge in [-0.05, 0) is 29.1 Å². The quantitative estimate of drug-likeness (QED) is 0.167. The Morgan fingerprint density at radius 2 is 1.46 bits per heavy atom. The van der Waals surface area contributed by atoms with Crippen molar-refractivity contribution >= 4 is 28.3 Å². The predicted octanol–water partition coefficient (Wildman–Crippen LogP) is 6.66. The first-order chi connectivity index (χ1) is 16.7. The van der Waals surface area contributed by atoms with Crippen molar-refractivity contribution < 1.29 is 28.5 Å². The molecule has 0 saturated carbocycles. The highest BCUT2D eigenvalue weighted by molar-refractivity contribution is 6.31. The van der Waals surface area contributed by atoms with E-state index >= 15 is 0 Å². The third-order valence-corrected chi connectivity index (χ3v) is 5.65. The molecular weight excluding hydrogens is 468 g/mol. The molecule has 0 saturated heterocycles. The van der Waals surface area contributed by atoms with E-state index in [4.69, 9.17) is 35.3 Å². The van der Waals surface area contributed by atoms with Crippen molar-refractivity contribution in [3.8, 4) is 17.2 Å². The maximum absolute atomic E-state index is 13.0. The van der Waals surface area contributed by atoms with Crippen molar-refractivity contribution in [3.63, 3.8) is 0 Å². The summed E-state index contributed by atoms with van der Waals surface area (Å²) in [5.74, 6) is 0.489. The van der Waals surface area contributed by atoms with Gasteiger partial charge in [-0.1, -0.05) is 75.7 Å². The third kappa shape index (κ3) is 6.88. The third-order valence-electron chi connectivity index (χ3n) is 5.41. The number of halogens is 1. The summed E-state index contributed by atoms with van der Waals surface area (Å²) < 4.78 is 29.6. The summed E-state index contributed by atoms with van der Waals surface area (Å²) in [6.45, 7) is 7.92. The number of fused-ring (bicyclic) bond motifs is 1. The minimum absolute atomic E-state index is 0.0131. The molecular formula is C28H33ClO6. The fraction of sp³-hybridized carbons (Fsp3) is 0.393. The number of hydrogen-bond acceptors (Lipinski definition) is 6. The van der Waals surface area contributed by atoms with E-state index in [0.717, 1.165) is 10.9 Å². The van der Waals surface area contributed by atoms with Gasteiger partial charge in [0.15, 0.2) is 11.5 Å². The summed E-state index contributed by atoms with van der Waals surface area (Å²) in [5, 5.41) is 1.90. The Balaban J connectivity index is 2.16. The SMILES string of the molecule is COC(Oc1cc2ccc(Cl)cc2c(OC(=O)Cc2ccccc2)c1OC(OC)C(C)C)C(C)C. The van der Waals surface area contributed by atoms with Gasteiger partial charge in [-0.25, -0.2) is 0 Å². The molecule has 0 amide bonds. The zero-order chi connectivity index (χ0) is 25.5. The first-order valence-electron chi connectivity index (χ1n) is 11.6. The molecule has 3 aromatic rings. The molecule has 0 aromatic heterocycles. The average Bonchev–Trinajstić information content (AvgIpc) is 2.82. The van der Waals surface area contributed by atoms with Crippen LogP contribution < -0.4 is 14.2 Å². The number of carbonyl (C=O) groups is 1. The van der Waals surface area contributed by atoms with Crippen LogP contribution in [0.25, 0.3) is 10.8 Å². The van der Waals surface area contributed by atoms with Gasteiger partial charge < -0.3 is 23.7 Å². The lowest BCUT2D eigenvalue weighted by molar-refractivity contribution is -0.134. The van der Waals surface area contributed by atoms with Crippen molar-refractivity contribution in [2.75, 3.05) is 14.2 Å². The Bertz CT molecular complexity index is 1130. The van der Waals surface area contributed by atoms with E-state index in [9.17, 15) is 4.79 Å². The van der Waals surface area contributed by atoms with Crippen molar-refractivity contribution in [2.45, 2.75) is 46.7 Å². The Hall–Kier alpha value is -2.80. The summed E-state index contributed by atoms with van der Waals surface area (Å²) >= 11 is 6.32. The lowest BCUT2D eigenvalue weighted by Gasteiger charge is -2.27. The van der Waals surface area contributed by atoms with Gasteiger partial charge in [-0.3, -0.25) is 4.79 Å². The lowest BCUT2D eigenvalue weighted by atomic mass is 10.1. The van der Waals surface area contributed by atoms with E-state index in [2.05, 4.69) is 0 Å². The smallest absolute Gasteiger partial charge is 0.315 e. The molecule has 0 aliphatic rings. The predicted molar refractivity (Wildman–Crippen MR) is 137 cm³/mol. The van der Waals surface area contributed by atoms with E-state index < -0.39 is 18.5 Å². The van der Waals surface area contributed by atoms with Crippen molar-refractivity contribution in [2.24, 2.45) is 11.8 Å². The van der Waals surface area contributed by atoms with Crippen LogP contribution in [0.3, 0.4) is 0 Å². The fourth-order valence-corrected chi connectivity index (χ4v) is 3.83. The topological polar surface area (TPSA) is 63.2 Å². The van der Waals surface area contributed by atoms with Gasteiger partial charge in [-0.15, -0.1) is 0 Å². The fourth-order valence-electron chi connectivity index (χ4n) is 3.66. The molecule has 0 fully saturated rings. The number of hydrogen-bond donors (Lipinski definition) is 0. The largest absolute Gasteiger partial charge is 0.461 e. The van der Waals surface area contributed by atoms with Crippen LogP contribution in [-0.4, -0.2) is 32.8 Å². The second kappa shape index (κ2) is 12.2. The van der Waals surface area contributed by atoms with E-state index in [1.54, 1.807) is 26.4 Å². The maximum Gasteiger partial charge on any atom is 0.315 e. The summed E-state index contributed by atoms with van der Waals surface area (Å²) in [5.41, 5.74) is 0.839. The molecule has 7 heteroatoms. The zero-order valence-electron chi connectivity index (χ0n) is 21.0. The van der Waals surface area contributed by atoms with Crippen LogP contribution in [0, 0.1) is 11.8 Å². The Morgan fingerprint density at radius 1 is 0.829 bits per heavy atom. The van der Waals surface area contributed by atoms with Gasteiger partial charge in [0.2, 0.25) is 18.3 Å². The van der Waals surface area contributed by atoms with E-state index in [1.807, 2.05) is 70.2 Å². The first-order valence-corrected chi connectivity index (χ1v) is 12.0. The molecule has 188 valence electrons. The highest BCUT2D eigenvalue weighted by Crippen LogP contribution is 2.46. The van der Waals surface area contributed by atoms with E-state index in [1.165, 1.54) is 0 Å². The number of methoxy groups -OCH3 is 2. The number of rotatable bonds is 11. The van der Waals surface area contributed by atoms with Gasteiger partial charge in [-0.2, -0.15) is 0 Å². The van der Waals surface area contributed by atoms with Gasteiger partial charge in [0, 0.05) is 36.5 Å². The van der Waals surface area contributed by atoms with E-state index in [-0.39, 0.29) is 29.8 Å². The normalized spacial score (nSPS) is 13.2. The molecule has 3 rings (SSSR count). The molecule has 0 spiro atoms. The molecule has 2 unspecified atom stereocenters. The number of esters is 1. The molecule has 0 aliphatic carbocycles. The molecule has 0 N–H and O–H groups in total. The monoisotopic (exact) mass is 500 g/mol. The van der Waals surface area contributed by atoms with Crippen molar-refractivity contribution in [3.05, 3.63) is 65.2 Å². The highest BCUT2D eigenvalue weighted by Gasteiger charge is 2.27. The Kier molecular flexibility index (Phi) is 9.38. The maximum atomic E-state index is 13.0. The standard InChI is InChI=1S/C28H33ClO6/c1-17(2)27(31-5)33-23-15-20-12-13-21(29)16-22(20)25(26(23)35-28(32-6)18(3)4)34-24(30)14-19-10-8-7-9-11-19/h7-13,15-18,27-28H,14H2,1-6H3. The van der Waals surface area contributed by atoms with Crippen LogP contribution in [0.1, 0.15) is 33.3 Å². The van der Waals surface area contributed by atoms with Crippen LogP contribution in [-0.2, 0) is 20.7 Å². The average molecular weight is 501 g/mol. The van der Waals surface area contributed by atoms with Crippen molar-refractivity contribution in [1.82, 2.24) is 0 Å². The number of benzene rings is 3. The van der Waals surface area contributed by atoms with Crippen molar-refractivity contribution in [1.29, 1.82) is 0 Å². The minimum Gasteiger partial charge on any atom is -0.461 e. The molecule has 0 bridgehead atoms. The summed E-state index contributed by atoms with van der Waals surface area (Å²) in [6.07, 6.45) is -1.06. The highest BCUT2D eigenvalue weighted by atomic mass is 35.5. The Morgan fingerprint density at radius 3 is 2.06 bits per heavy atom. The molecule has 3 aromatic carbocycles. The van der Waals surface area contributed by atoms with Gasteiger partial charge in [0.05, 0.1) is 6.42 Å². The molecule has 0 aliphatic heterocycles. The van der Waals surface area contributed by atoms with Gasteiger partial charge in [0.25, 0.3) is 0 Å². The Labute approximate surface area is 212 Å². The second-order valence-corrected chi connectivity index (χ2v) is 9.40. The molecule has 6 nitrogen and oxygen atoms in total. The van der Waals surface area contributed by atoms with Crippen LogP contribution in [0.15, 0.2) is 54.6 Å². The second-order valence-electron chi connectivity index (χ2n) is 8.97. The summed E-state index contributed by atoms with van der Waals surface area (Å²) in [6, 6.07) is 16.6. The molecule has 35 heavy (non-hydrogen) atoms. The zero-order valence-corrected chi connectivity index (χ0v) is 21.8. The molecule has 2 atom stereocenters. The van der Waals surface area contributed by atoms with Crippen LogP contribution in [0.5, 0.6) is 17.2 Å². The minimum atomic E-state index is -0.611. The van der Waals surface area contributed by atoms with Crippen LogP contribution in [0.2, 0.25) is 5.02 Å². The van der Waals surface area contributed by atoms with E-state index in [0.29, 0.717) is 16.2 Å². The molecule has 0 radical (unpaired) electrons. The van der Waals surface area contributed by atoms with Crippen LogP contribution >= 0.6 is 11.6 Å². The van der Waals surface area contributed by atoms with Crippen LogP contribution in [0.4, 0.5) is 0 Å². The summed E-state index contributed by atoms with van der Waals surface area (Å²) in [4.78, 5) is 13.0. The number of carbonyl (C=O) groups excluding carboxylic acids is 1. The van der Waals surface area contributed by atoms with Gasteiger partial charge in [0.1, 0.15) is 0 Å². The lowest BCUT2D eigenvalue weighted by Crippen LogP contribution is -2.28. The first kappa shape index (κ1) is 26.8. The van der Waals surface area contributed by atoms with Gasteiger partial charge >= 0.3 is 5.97 Å².